The predicted molar refractivity (Wildman–Crippen MR) is 108 cm³/mol. The maximum Gasteiger partial charge on any atom is 0.244 e. The van der Waals surface area contributed by atoms with Crippen molar-refractivity contribution in [2.75, 3.05) is 25.7 Å². The molecule has 27 heavy (non-hydrogen) atoms. The number of nitrogens with zero attached hydrogens (tertiary/aromatic N) is 1. The molecule has 5 heteroatoms. The third-order valence-corrected chi connectivity index (χ3v) is 5.32. The van der Waals surface area contributed by atoms with Gasteiger partial charge in [0.05, 0.1) is 20.3 Å². The summed E-state index contributed by atoms with van der Waals surface area (Å²) in [5, 5.41) is 0. The highest BCUT2D eigenvalue weighted by Gasteiger charge is 2.27. The summed E-state index contributed by atoms with van der Waals surface area (Å²) in [6.07, 6.45) is 2.39. The van der Waals surface area contributed by atoms with Gasteiger partial charge >= 0.3 is 0 Å². The largest absolute Gasteiger partial charge is 0.497 e. The molecule has 0 unspecified atom stereocenters. The molecule has 5 nitrogen and oxygen atoms in total. The highest BCUT2D eigenvalue weighted by atomic mass is 16.5. The van der Waals surface area contributed by atoms with E-state index < -0.39 is 6.04 Å². The van der Waals surface area contributed by atoms with Crippen LogP contribution in [-0.2, 0) is 17.6 Å². The number of hydrogen-bond acceptors (Lipinski definition) is 4. The van der Waals surface area contributed by atoms with Gasteiger partial charge in [-0.25, -0.2) is 0 Å². The van der Waals surface area contributed by atoms with Crippen LogP contribution in [0.25, 0.3) is 0 Å². The van der Waals surface area contributed by atoms with Gasteiger partial charge in [-0.1, -0.05) is 0 Å². The fourth-order valence-electron chi connectivity index (χ4n) is 3.83. The van der Waals surface area contributed by atoms with E-state index in [4.69, 9.17) is 15.2 Å². The number of carbonyl (C=O) groups is 1. The maximum atomic E-state index is 13.1. The fraction of sp³-hybridized carbons (Fsp3) is 0.409. The fourth-order valence-corrected chi connectivity index (χ4v) is 3.83. The highest BCUT2D eigenvalue weighted by Crippen LogP contribution is 2.31. The molecular weight excluding hydrogens is 340 g/mol. The smallest absolute Gasteiger partial charge is 0.244 e. The summed E-state index contributed by atoms with van der Waals surface area (Å²) in [6, 6.07) is 9.27. The minimum atomic E-state index is -0.580. The van der Waals surface area contributed by atoms with Crippen LogP contribution in [0, 0.1) is 13.8 Å². The van der Waals surface area contributed by atoms with Crippen LogP contribution in [0.2, 0.25) is 0 Å². The molecule has 0 fully saturated rings. The van der Waals surface area contributed by atoms with Crippen molar-refractivity contribution in [2.24, 2.45) is 5.73 Å². The molecule has 1 amide bonds. The Kier molecular flexibility index (Phi) is 5.71. The number of fused-ring (bicyclic) bond motifs is 1. The lowest BCUT2D eigenvalue weighted by Gasteiger charge is -2.32. The van der Waals surface area contributed by atoms with Crippen LogP contribution in [0.4, 0.5) is 5.69 Å². The molecule has 1 atom stereocenters. The van der Waals surface area contributed by atoms with E-state index in [2.05, 4.69) is 0 Å². The van der Waals surface area contributed by atoms with Crippen molar-refractivity contribution in [3.8, 4) is 11.5 Å². The van der Waals surface area contributed by atoms with Gasteiger partial charge in [-0.3, -0.25) is 4.79 Å². The number of carbonyl (C=O) groups excluding carboxylic acids is 1. The minimum absolute atomic E-state index is 0.0317. The molecule has 1 aliphatic heterocycles. The first-order chi connectivity index (χ1) is 12.9. The van der Waals surface area contributed by atoms with Gasteiger partial charge in [0, 0.05) is 12.2 Å². The Hall–Kier alpha value is -2.53. The second-order valence-electron chi connectivity index (χ2n) is 7.14. The van der Waals surface area contributed by atoms with Crippen molar-refractivity contribution >= 4 is 11.6 Å². The lowest BCUT2D eigenvalue weighted by molar-refractivity contribution is -0.119. The van der Waals surface area contributed by atoms with Gasteiger partial charge in [-0.15, -0.1) is 0 Å². The molecule has 2 aromatic carbocycles. The second kappa shape index (κ2) is 8.01. The topological polar surface area (TPSA) is 64.8 Å². The molecule has 144 valence electrons. The maximum absolute atomic E-state index is 13.1. The normalized spacial score (nSPS) is 14.5. The lowest BCUT2D eigenvalue weighted by Crippen LogP contribution is -2.47. The molecule has 0 saturated heterocycles. The van der Waals surface area contributed by atoms with Crippen LogP contribution in [0.3, 0.4) is 0 Å². The summed E-state index contributed by atoms with van der Waals surface area (Å²) in [5.41, 5.74) is 11.7. The number of anilines is 1. The molecular formula is C22H28N2O3. The van der Waals surface area contributed by atoms with E-state index in [0.717, 1.165) is 52.3 Å². The van der Waals surface area contributed by atoms with Crippen molar-refractivity contribution in [3.63, 3.8) is 0 Å². The van der Waals surface area contributed by atoms with Crippen molar-refractivity contribution in [1.82, 2.24) is 0 Å². The van der Waals surface area contributed by atoms with Crippen molar-refractivity contribution in [3.05, 3.63) is 52.6 Å². The molecule has 1 aliphatic rings. The van der Waals surface area contributed by atoms with Crippen molar-refractivity contribution < 1.29 is 14.3 Å². The number of amides is 1. The van der Waals surface area contributed by atoms with Crippen LogP contribution in [0.15, 0.2) is 30.3 Å². The summed E-state index contributed by atoms with van der Waals surface area (Å²) in [6.45, 7) is 4.77. The Balaban J connectivity index is 1.81. The Morgan fingerprint density at radius 1 is 1.11 bits per heavy atom. The van der Waals surface area contributed by atoms with Crippen LogP contribution >= 0.6 is 0 Å². The first-order valence-electron chi connectivity index (χ1n) is 9.32. The van der Waals surface area contributed by atoms with Crippen LogP contribution in [0.1, 0.15) is 28.7 Å². The molecule has 0 saturated carbocycles. The molecule has 2 N–H and O–H groups in total. The SMILES string of the molecule is COc1cc(C)c(C[C@@H](N)C(=O)N2CCCc3cc(OC)ccc32)c(C)c1. The van der Waals surface area contributed by atoms with E-state index in [1.54, 1.807) is 14.2 Å². The van der Waals surface area contributed by atoms with Crippen LogP contribution < -0.4 is 20.1 Å². The summed E-state index contributed by atoms with van der Waals surface area (Å²) >= 11 is 0. The molecule has 0 bridgehead atoms. The van der Waals surface area contributed by atoms with Gasteiger partial charge in [0.15, 0.2) is 0 Å². The van der Waals surface area contributed by atoms with E-state index in [-0.39, 0.29) is 5.91 Å². The average molecular weight is 368 g/mol. The zero-order chi connectivity index (χ0) is 19.6. The van der Waals surface area contributed by atoms with Gasteiger partial charge in [-0.2, -0.15) is 0 Å². The quantitative estimate of drug-likeness (QED) is 0.880. The number of hydrogen-bond donors (Lipinski definition) is 1. The van der Waals surface area contributed by atoms with Gasteiger partial charge in [0.25, 0.3) is 0 Å². The predicted octanol–water partition coefficient (Wildman–Crippen LogP) is 3.17. The number of rotatable bonds is 5. The number of aryl methyl sites for hydroxylation is 3. The third kappa shape index (κ3) is 3.93. The molecule has 3 rings (SSSR count). The molecule has 0 aromatic heterocycles. The molecule has 0 spiro atoms. The monoisotopic (exact) mass is 368 g/mol. The Labute approximate surface area is 161 Å². The number of nitrogens with two attached hydrogens (primary N) is 1. The standard InChI is InChI=1S/C22H28N2O3/c1-14-10-18(27-4)11-15(2)19(14)13-20(23)22(25)24-9-5-6-16-12-17(26-3)7-8-21(16)24/h7-8,10-12,20H,5-6,9,13,23H2,1-4H3/t20-/m1/s1. The van der Waals surface area contributed by atoms with E-state index >= 15 is 0 Å². The molecule has 2 aromatic rings. The number of methoxy groups -OCH3 is 2. The van der Waals surface area contributed by atoms with E-state index in [9.17, 15) is 4.79 Å². The lowest BCUT2D eigenvalue weighted by atomic mass is 9.94. The molecule has 0 aliphatic carbocycles. The zero-order valence-corrected chi connectivity index (χ0v) is 16.5. The first-order valence-corrected chi connectivity index (χ1v) is 9.32. The first kappa shape index (κ1) is 19.2. The van der Waals surface area contributed by atoms with E-state index in [0.29, 0.717) is 13.0 Å². The summed E-state index contributed by atoms with van der Waals surface area (Å²) in [7, 11) is 3.31. The average Bonchev–Trinajstić information content (AvgIpc) is 2.68. The van der Waals surface area contributed by atoms with Crippen molar-refractivity contribution in [2.45, 2.75) is 39.2 Å². The van der Waals surface area contributed by atoms with Crippen molar-refractivity contribution in [1.29, 1.82) is 0 Å². The Morgan fingerprint density at radius 3 is 2.41 bits per heavy atom. The highest BCUT2D eigenvalue weighted by molar-refractivity contribution is 5.98. The molecule has 1 heterocycles. The Bertz CT molecular complexity index is 824. The van der Waals surface area contributed by atoms with Gasteiger partial charge in [-0.05, 0) is 85.7 Å². The van der Waals surface area contributed by atoms with Gasteiger partial charge in [0.1, 0.15) is 11.5 Å². The third-order valence-electron chi connectivity index (χ3n) is 5.32. The zero-order valence-electron chi connectivity index (χ0n) is 16.5. The number of benzene rings is 2. The van der Waals surface area contributed by atoms with Crippen LogP contribution in [-0.4, -0.2) is 32.7 Å². The van der Waals surface area contributed by atoms with E-state index in [1.165, 1.54) is 0 Å². The Morgan fingerprint density at radius 2 is 1.78 bits per heavy atom. The minimum Gasteiger partial charge on any atom is -0.497 e. The summed E-state index contributed by atoms with van der Waals surface area (Å²) in [4.78, 5) is 14.9. The van der Waals surface area contributed by atoms with E-state index in [1.807, 2.05) is 49.1 Å². The number of ether oxygens (including phenoxy) is 2. The summed E-state index contributed by atoms with van der Waals surface area (Å²) in [5.74, 6) is 1.61. The van der Waals surface area contributed by atoms with Gasteiger partial charge in [0.2, 0.25) is 5.91 Å². The summed E-state index contributed by atoms with van der Waals surface area (Å²) < 4.78 is 10.6. The molecule has 0 radical (unpaired) electrons. The van der Waals surface area contributed by atoms with Gasteiger partial charge < -0.3 is 20.1 Å². The van der Waals surface area contributed by atoms with Crippen LogP contribution in [0.5, 0.6) is 11.5 Å². The second-order valence-corrected chi connectivity index (χ2v) is 7.14.